The molecule has 0 atom stereocenters. The molecule has 0 aromatic heterocycles. The molecule has 0 aliphatic rings. The van der Waals surface area contributed by atoms with Crippen molar-refractivity contribution < 1.29 is 0 Å². The van der Waals surface area contributed by atoms with Crippen LogP contribution in [-0.2, 0) is 6.42 Å². The van der Waals surface area contributed by atoms with Gasteiger partial charge in [-0.05, 0) is 43.2 Å². The van der Waals surface area contributed by atoms with Crippen molar-refractivity contribution in [2.45, 2.75) is 39.0 Å². The van der Waals surface area contributed by atoms with E-state index in [1.165, 1.54) is 36.8 Å². The number of allylic oxidation sites excluding steroid dienone is 2. The highest BCUT2D eigenvalue weighted by Gasteiger charge is 1.92. The van der Waals surface area contributed by atoms with E-state index in [0.717, 1.165) is 6.42 Å². The lowest BCUT2D eigenvalue weighted by molar-refractivity contribution is 0.745. The molecule has 0 aliphatic heterocycles. The van der Waals surface area contributed by atoms with Crippen molar-refractivity contribution in [1.82, 2.24) is 0 Å². The molecular formula is C16H23N. The van der Waals surface area contributed by atoms with Gasteiger partial charge >= 0.3 is 0 Å². The molecule has 0 N–H and O–H groups in total. The Balaban J connectivity index is 2.20. The number of aliphatic imine (C=N–C) groups is 1. The molecule has 0 spiro atoms. The second-order valence-corrected chi connectivity index (χ2v) is 4.25. The molecule has 0 heterocycles. The van der Waals surface area contributed by atoms with Gasteiger partial charge in [0.2, 0.25) is 0 Å². The molecule has 1 aromatic carbocycles. The minimum atomic E-state index is 1.08. The number of aryl methyl sites for hydroxylation is 1. The van der Waals surface area contributed by atoms with Crippen LogP contribution in [0.5, 0.6) is 0 Å². The first kappa shape index (κ1) is 13.7. The molecule has 1 nitrogen and oxygen atoms in total. The van der Waals surface area contributed by atoms with Crippen LogP contribution in [-0.4, -0.2) is 13.3 Å². The Morgan fingerprint density at radius 3 is 2.59 bits per heavy atom. The van der Waals surface area contributed by atoms with Gasteiger partial charge in [-0.25, -0.2) is 0 Å². The molecular weight excluding hydrogens is 206 g/mol. The molecule has 1 rings (SSSR count). The van der Waals surface area contributed by atoms with Gasteiger partial charge < -0.3 is 0 Å². The zero-order valence-corrected chi connectivity index (χ0v) is 11.0. The van der Waals surface area contributed by atoms with E-state index in [1.807, 2.05) is 13.3 Å². The second kappa shape index (κ2) is 8.74. The average molecular weight is 229 g/mol. The van der Waals surface area contributed by atoms with Crippen molar-refractivity contribution in [2.75, 3.05) is 7.05 Å². The minimum absolute atomic E-state index is 1.08. The Bertz CT molecular complexity index is 349. The summed E-state index contributed by atoms with van der Waals surface area (Å²) in [6, 6.07) is 10.7. The molecule has 92 valence electrons. The van der Waals surface area contributed by atoms with Gasteiger partial charge in [-0.3, -0.25) is 4.99 Å². The Labute approximate surface area is 105 Å². The predicted molar refractivity (Wildman–Crippen MR) is 76.8 cm³/mol. The van der Waals surface area contributed by atoms with E-state index in [0.29, 0.717) is 0 Å². The monoisotopic (exact) mass is 229 g/mol. The summed E-state index contributed by atoms with van der Waals surface area (Å²) in [7, 11) is 1.83. The molecule has 1 aromatic rings. The highest BCUT2D eigenvalue weighted by atomic mass is 14.6. The largest absolute Gasteiger partial charge is 0.296 e. The van der Waals surface area contributed by atoms with E-state index < -0.39 is 0 Å². The summed E-state index contributed by atoms with van der Waals surface area (Å²) in [5.74, 6) is 0. The van der Waals surface area contributed by atoms with E-state index >= 15 is 0 Å². The van der Waals surface area contributed by atoms with Gasteiger partial charge in [0.15, 0.2) is 0 Å². The van der Waals surface area contributed by atoms with Crippen LogP contribution in [0.3, 0.4) is 0 Å². The molecule has 17 heavy (non-hydrogen) atoms. The van der Waals surface area contributed by atoms with Gasteiger partial charge in [-0.1, -0.05) is 43.3 Å². The molecule has 0 bridgehead atoms. The number of unbranched alkanes of at least 4 members (excludes halogenated alkanes) is 2. The second-order valence-electron chi connectivity index (χ2n) is 4.25. The first-order valence-electron chi connectivity index (χ1n) is 6.52. The van der Waals surface area contributed by atoms with E-state index in [4.69, 9.17) is 0 Å². The fraction of sp³-hybridized carbons (Fsp3) is 0.438. The predicted octanol–water partition coefficient (Wildman–Crippen LogP) is 4.44. The smallest absolute Gasteiger partial charge is 0.0277 e. The summed E-state index contributed by atoms with van der Waals surface area (Å²) in [5, 5.41) is 0. The summed E-state index contributed by atoms with van der Waals surface area (Å²) in [6.07, 6.45) is 10.3. The number of rotatable bonds is 7. The van der Waals surface area contributed by atoms with Crippen LogP contribution in [0.4, 0.5) is 0 Å². The van der Waals surface area contributed by atoms with Crippen molar-refractivity contribution >= 4 is 6.21 Å². The maximum atomic E-state index is 4.06. The van der Waals surface area contributed by atoms with Gasteiger partial charge in [-0.15, -0.1) is 0 Å². The van der Waals surface area contributed by atoms with Crippen molar-refractivity contribution in [1.29, 1.82) is 0 Å². The normalized spacial score (nSPS) is 12.2. The quantitative estimate of drug-likeness (QED) is 0.484. The van der Waals surface area contributed by atoms with Crippen LogP contribution in [0.2, 0.25) is 0 Å². The van der Waals surface area contributed by atoms with Crippen LogP contribution in [0.1, 0.15) is 38.2 Å². The average Bonchev–Trinajstić information content (AvgIpc) is 2.38. The summed E-state index contributed by atoms with van der Waals surface area (Å²) >= 11 is 0. The topological polar surface area (TPSA) is 12.4 Å². The standard InChI is InChI=1S/C16H23N/c1-3-15(14-17-2)10-6-4-7-11-16-12-8-5-9-13-16/h5,8-10,12-14H,3-4,6-7,11H2,1-2H3/b15-10-,17-14-. The molecule has 0 saturated heterocycles. The summed E-state index contributed by atoms with van der Waals surface area (Å²) < 4.78 is 0. The minimum Gasteiger partial charge on any atom is -0.296 e. The molecule has 0 saturated carbocycles. The van der Waals surface area contributed by atoms with Crippen LogP contribution >= 0.6 is 0 Å². The highest BCUT2D eigenvalue weighted by molar-refractivity contribution is 5.78. The Morgan fingerprint density at radius 2 is 1.94 bits per heavy atom. The van der Waals surface area contributed by atoms with Gasteiger partial charge in [0.05, 0.1) is 0 Å². The van der Waals surface area contributed by atoms with Crippen molar-refractivity contribution in [3.05, 3.63) is 47.5 Å². The third kappa shape index (κ3) is 6.06. The SMILES string of the molecule is CCC(/C=N\C)=C/CCCCc1ccccc1. The van der Waals surface area contributed by atoms with Crippen molar-refractivity contribution in [3.63, 3.8) is 0 Å². The summed E-state index contributed by atoms with van der Waals surface area (Å²) in [4.78, 5) is 4.06. The lowest BCUT2D eigenvalue weighted by atomic mass is 10.1. The Morgan fingerprint density at radius 1 is 1.18 bits per heavy atom. The molecule has 0 aliphatic carbocycles. The number of benzene rings is 1. The third-order valence-corrected chi connectivity index (χ3v) is 2.87. The lowest BCUT2D eigenvalue weighted by Crippen LogP contribution is -1.86. The highest BCUT2D eigenvalue weighted by Crippen LogP contribution is 2.08. The van der Waals surface area contributed by atoms with E-state index in [9.17, 15) is 0 Å². The molecule has 0 amide bonds. The molecule has 0 radical (unpaired) electrons. The van der Waals surface area contributed by atoms with Crippen molar-refractivity contribution in [2.24, 2.45) is 4.99 Å². The van der Waals surface area contributed by atoms with Gasteiger partial charge in [0, 0.05) is 13.3 Å². The van der Waals surface area contributed by atoms with Gasteiger partial charge in [-0.2, -0.15) is 0 Å². The van der Waals surface area contributed by atoms with Crippen LogP contribution in [0, 0.1) is 0 Å². The summed E-state index contributed by atoms with van der Waals surface area (Å²) in [6.45, 7) is 2.18. The van der Waals surface area contributed by atoms with Crippen LogP contribution < -0.4 is 0 Å². The number of hydrogen-bond acceptors (Lipinski definition) is 1. The Hall–Kier alpha value is -1.37. The maximum Gasteiger partial charge on any atom is 0.0277 e. The van der Waals surface area contributed by atoms with Crippen molar-refractivity contribution in [3.8, 4) is 0 Å². The lowest BCUT2D eigenvalue weighted by Gasteiger charge is -2.00. The van der Waals surface area contributed by atoms with Gasteiger partial charge in [0.25, 0.3) is 0 Å². The fourth-order valence-electron chi connectivity index (χ4n) is 1.86. The molecule has 1 heteroatoms. The summed E-state index contributed by atoms with van der Waals surface area (Å²) in [5.41, 5.74) is 2.80. The maximum absolute atomic E-state index is 4.06. The third-order valence-electron chi connectivity index (χ3n) is 2.87. The van der Waals surface area contributed by atoms with Crippen LogP contribution in [0.15, 0.2) is 47.0 Å². The Kier molecular flexibility index (Phi) is 7.04. The van der Waals surface area contributed by atoms with Crippen LogP contribution in [0.25, 0.3) is 0 Å². The first-order valence-corrected chi connectivity index (χ1v) is 6.52. The fourth-order valence-corrected chi connectivity index (χ4v) is 1.86. The zero-order valence-electron chi connectivity index (χ0n) is 11.0. The van der Waals surface area contributed by atoms with E-state index in [1.54, 1.807) is 0 Å². The zero-order chi connectivity index (χ0) is 12.3. The van der Waals surface area contributed by atoms with E-state index in [-0.39, 0.29) is 0 Å². The molecule has 0 unspecified atom stereocenters. The van der Waals surface area contributed by atoms with Gasteiger partial charge in [0.1, 0.15) is 0 Å². The first-order chi connectivity index (χ1) is 8.36. The van der Waals surface area contributed by atoms with E-state index in [2.05, 4.69) is 48.3 Å². The number of nitrogens with zero attached hydrogens (tertiary/aromatic N) is 1. The number of hydrogen-bond donors (Lipinski definition) is 0. The molecule has 0 fully saturated rings.